The van der Waals surface area contributed by atoms with Gasteiger partial charge in [-0.05, 0) is 66.7 Å². The average molecular weight is 346 g/mol. The third kappa shape index (κ3) is 3.59. The topological polar surface area (TPSA) is 3.24 Å². The maximum atomic E-state index is 14.0. The van der Waals surface area contributed by atoms with Gasteiger partial charge in [0.1, 0.15) is 11.6 Å². The molecule has 0 saturated heterocycles. The highest BCUT2D eigenvalue weighted by Crippen LogP contribution is 2.30. The first-order valence-electron chi connectivity index (χ1n) is 7.35. The summed E-state index contributed by atoms with van der Waals surface area (Å²) in [6, 6.07) is 3.18. The van der Waals surface area contributed by atoms with E-state index in [0.717, 1.165) is 18.8 Å². The molecule has 20 heavy (non-hydrogen) atoms. The Morgan fingerprint density at radius 3 is 2.45 bits per heavy atom. The molecule has 0 unspecified atom stereocenters. The van der Waals surface area contributed by atoms with Gasteiger partial charge in [-0.25, -0.2) is 8.78 Å². The van der Waals surface area contributed by atoms with E-state index >= 15 is 0 Å². The molecule has 4 heteroatoms. The molecule has 1 saturated carbocycles. The first kappa shape index (κ1) is 15.9. The molecule has 1 nitrogen and oxygen atoms in total. The van der Waals surface area contributed by atoms with Gasteiger partial charge in [-0.3, -0.25) is 4.90 Å². The van der Waals surface area contributed by atoms with Gasteiger partial charge in [-0.2, -0.15) is 0 Å². The van der Waals surface area contributed by atoms with Crippen molar-refractivity contribution in [2.24, 2.45) is 5.92 Å². The van der Waals surface area contributed by atoms with Crippen LogP contribution in [-0.2, 0) is 6.54 Å². The van der Waals surface area contributed by atoms with Crippen molar-refractivity contribution in [2.75, 3.05) is 7.05 Å². The van der Waals surface area contributed by atoms with Gasteiger partial charge < -0.3 is 0 Å². The summed E-state index contributed by atoms with van der Waals surface area (Å²) < 4.78 is 28.1. The van der Waals surface area contributed by atoms with E-state index in [1.807, 2.05) is 7.05 Å². The molecule has 2 rings (SSSR count). The summed E-state index contributed by atoms with van der Waals surface area (Å²) in [6.45, 7) is 2.57. The van der Waals surface area contributed by atoms with Crippen molar-refractivity contribution in [1.29, 1.82) is 0 Å². The fraction of sp³-hybridized carbons (Fsp3) is 0.625. The Morgan fingerprint density at radius 2 is 1.85 bits per heavy atom. The van der Waals surface area contributed by atoms with Crippen molar-refractivity contribution < 1.29 is 8.78 Å². The first-order valence-corrected chi connectivity index (χ1v) is 8.14. The second-order valence-corrected chi connectivity index (χ2v) is 6.67. The summed E-state index contributed by atoms with van der Waals surface area (Å²) in [5, 5.41) is 0. The minimum atomic E-state index is -0.473. The van der Waals surface area contributed by atoms with Crippen LogP contribution in [0.25, 0.3) is 0 Å². The fourth-order valence-corrected chi connectivity index (χ4v) is 3.46. The molecule has 0 amide bonds. The molecule has 0 bridgehead atoms. The smallest absolute Gasteiger partial charge is 0.144 e. The Kier molecular flexibility index (Phi) is 5.56. The van der Waals surface area contributed by atoms with E-state index in [9.17, 15) is 8.78 Å². The van der Waals surface area contributed by atoms with E-state index in [-0.39, 0.29) is 5.56 Å². The molecule has 1 aliphatic rings. The van der Waals surface area contributed by atoms with Crippen LogP contribution in [0.4, 0.5) is 8.78 Å². The Balaban J connectivity index is 2.02. The van der Waals surface area contributed by atoms with Crippen molar-refractivity contribution in [3.63, 3.8) is 0 Å². The van der Waals surface area contributed by atoms with Crippen molar-refractivity contribution >= 4 is 15.9 Å². The standard InChI is InChI=1S/C16H22BrF2N/c1-3-11-4-6-12(7-5-11)20(2)10-13-15(18)9-8-14(17)16(13)19/h8-9,11-12H,3-7,10H2,1-2H3. The lowest BCUT2D eigenvalue weighted by Gasteiger charge is -2.34. The van der Waals surface area contributed by atoms with Crippen LogP contribution >= 0.6 is 15.9 Å². The molecular formula is C16H22BrF2N. The van der Waals surface area contributed by atoms with Gasteiger partial charge in [0.05, 0.1) is 4.47 Å². The van der Waals surface area contributed by atoms with Gasteiger partial charge in [0.2, 0.25) is 0 Å². The predicted octanol–water partition coefficient (Wildman–Crippen LogP) is 5.13. The second kappa shape index (κ2) is 6.99. The monoisotopic (exact) mass is 345 g/mol. The van der Waals surface area contributed by atoms with Crippen molar-refractivity contribution in [1.82, 2.24) is 4.90 Å². The number of benzene rings is 1. The van der Waals surface area contributed by atoms with Gasteiger partial charge in [0.25, 0.3) is 0 Å². The van der Waals surface area contributed by atoms with E-state index < -0.39 is 11.6 Å². The Labute approximate surface area is 128 Å². The Hall–Kier alpha value is -0.480. The van der Waals surface area contributed by atoms with Gasteiger partial charge in [-0.15, -0.1) is 0 Å². The summed E-state index contributed by atoms with van der Waals surface area (Å²) in [4.78, 5) is 2.10. The highest BCUT2D eigenvalue weighted by atomic mass is 79.9. The van der Waals surface area contributed by atoms with E-state index in [4.69, 9.17) is 0 Å². The highest BCUT2D eigenvalue weighted by molar-refractivity contribution is 9.10. The number of hydrogen-bond acceptors (Lipinski definition) is 1. The van der Waals surface area contributed by atoms with Crippen molar-refractivity contribution in [3.05, 3.63) is 33.8 Å². The zero-order valence-electron chi connectivity index (χ0n) is 12.1. The predicted molar refractivity (Wildman–Crippen MR) is 81.6 cm³/mol. The quantitative estimate of drug-likeness (QED) is 0.684. The van der Waals surface area contributed by atoms with Crippen LogP contribution in [0.2, 0.25) is 0 Å². The third-order valence-electron chi connectivity index (χ3n) is 4.56. The van der Waals surface area contributed by atoms with Crippen LogP contribution in [0.5, 0.6) is 0 Å². The lowest BCUT2D eigenvalue weighted by atomic mass is 9.84. The van der Waals surface area contributed by atoms with E-state index in [2.05, 4.69) is 27.8 Å². The number of nitrogens with zero attached hydrogens (tertiary/aromatic N) is 1. The summed E-state index contributed by atoms with van der Waals surface area (Å²) in [5.74, 6) is -0.0992. The van der Waals surface area contributed by atoms with Crippen LogP contribution in [0.1, 0.15) is 44.6 Å². The minimum absolute atomic E-state index is 0.166. The Morgan fingerprint density at radius 1 is 1.20 bits per heavy atom. The molecule has 0 N–H and O–H groups in total. The summed E-state index contributed by atoms with van der Waals surface area (Å²) >= 11 is 3.12. The molecule has 0 aliphatic heterocycles. The van der Waals surface area contributed by atoms with E-state index in [0.29, 0.717) is 17.1 Å². The number of rotatable bonds is 4. The third-order valence-corrected chi connectivity index (χ3v) is 5.18. The van der Waals surface area contributed by atoms with Gasteiger partial charge >= 0.3 is 0 Å². The largest absolute Gasteiger partial charge is 0.299 e. The number of halogens is 3. The zero-order chi connectivity index (χ0) is 14.7. The highest BCUT2D eigenvalue weighted by Gasteiger charge is 2.24. The molecule has 112 valence electrons. The molecule has 1 aromatic rings. The first-order chi connectivity index (χ1) is 9.52. The number of hydrogen-bond donors (Lipinski definition) is 0. The minimum Gasteiger partial charge on any atom is -0.299 e. The molecule has 0 heterocycles. The summed E-state index contributed by atoms with van der Waals surface area (Å²) in [6.07, 6.45) is 5.97. The van der Waals surface area contributed by atoms with Gasteiger partial charge in [-0.1, -0.05) is 13.3 Å². The van der Waals surface area contributed by atoms with Crippen molar-refractivity contribution in [2.45, 2.75) is 51.6 Å². The SMILES string of the molecule is CCC1CCC(N(C)Cc2c(F)ccc(Br)c2F)CC1. The molecular weight excluding hydrogens is 324 g/mol. The second-order valence-electron chi connectivity index (χ2n) is 5.82. The van der Waals surface area contributed by atoms with Gasteiger partial charge in [0, 0.05) is 18.2 Å². The lowest BCUT2D eigenvalue weighted by Crippen LogP contribution is -2.35. The maximum Gasteiger partial charge on any atom is 0.144 e. The Bertz CT molecular complexity index is 456. The van der Waals surface area contributed by atoms with Crippen LogP contribution in [0.3, 0.4) is 0 Å². The molecule has 1 aromatic carbocycles. The zero-order valence-corrected chi connectivity index (χ0v) is 13.7. The van der Waals surface area contributed by atoms with Crippen LogP contribution in [-0.4, -0.2) is 18.0 Å². The van der Waals surface area contributed by atoms with Crippen molar-refractivity contribution in [3.8, 4) is 0 Å². The summed E-state index contributed by atoms with van der Waals surface area (Å²) in [5.41, 5.74) is 0.166. The lowest BCUT2D eigenvalue weighted by molar-refractivity contribution is 0.154. The van der Waals surface area contributed by atoms with Crippen LogP contribution < -0.4 is 0 Å². The molecule has 0 radical (unpaired) electrons. The molecule has 0 spiro atoms. The summed E-state index contributed by atoms with van der Waals surface area (Å²) in [7, 11) is 1.97. The van der Waals surface area contributed by atoms with E-state index in [1.165, 1.54) is 31.4 Å². The molecule has 1 aliphatic carbocycles. The van der Waals surface area contributed by atoms with Crippen LogP contribution in [0, 0.1) is 17.6 Å². The normalized spacial score (nSPS) is 23.3. The van der Waals surface area contributed by atoms with Crippen LogP contribution in [0.15, 0.2) is 16.6 Å². The van der Waals surface area contributed by atoms with Gasteiger partial charge in [0.15, 0.2) is 0 Å². The van der Waals surface area contributed by atoms with E-state index in [1.54, 1.807) is 0 Å². The molecule has 0 aromatic heterocycles. The molecule has 0 atom stereocenters. The fourth-order valence-electron chi connectivity index (χ4n) is 3.09. The average Bonchev–Trinajstić information content (AvgIpc) is 2.47. The maximum absolute atomic E-state index is 14.0. The molecule has 1 fully saturated rings.